The minimum Gasteiger partial charge on any atom is -0.360 e. The van der Waals surface area contributed by atoms with Crippen molar-refractivity contribution >= 4 is 52.9 Å². The van der Waals surface area contributed by atoms with E-state index < -0.39 is 0 Å². The number of halogens is 1. The van der Waals surface area contributed by atoms with Crippen molar-refractivity contribution in [3.05, 3.63) is 51.7 Å². The molecule has 1 aromatic carbocycles. The lowest BCUT2D eigenvalue weighted by atomic mass is 10.2. The zero-order valence-corrected chi connectivity index (χ0v) is 19.5. The number of piperazine rings is 1. The van der Waals surface area contributed by atoms with Crippen LogP contribution in [0.1, 0.15) is 22.9 Å². The lowest BCUT2D eigenvalue weighted by molar-refractivity contribution is -0.120. The molecule has 1 aromatic heterocycles. The Balaban J connectivity index is 0.00000280. The normalized spacial score (nSPS) is 14.3. The minimum atomic E-state index is 0. The summed E-state index contributed by atoms with van der Waals surface area (Å²) >= 11 is 1.76. The third-order valence-electron chi connectivity index (χ3n) is 4.49. The van der Waals surface area contributed by atoms with E-state index in [1.807, 2.05) is 0 Å². The molecule has 8 heteroatoms. The molecule has 1 amide bonds. The molecule has 0 atom stereocenters. The van der Waals surface area contributed by atoms with Gasteiger partial charge in [0.2, 0.25) is 5.91 Å². The molecule has 28 heavy (non-hydrogen) atoms. The summed E-state index contributed by atoms with van der Waals surface area (Å²) in [4.78, 5) is 19.7. The van der Waals surface area contributed by atoms with Crippen LogP contribution in [-0.4, -0.2) is 38.0 Å². The van der Waals surface area contributed by atoms with Crippen LogP contribution in [0.2, 0.25) is 0 Å². The molecule has 0 bridgehead atoms. The quantitative estimate of drug-likeness (QED) is 0.316. The summed E-state index contributed by atoms with van der Waals surface area (Å²) in [5.41, 5.74) is 3.53. The first-order chi connectivity index (χ1) is 13.2. The number of nitrogens with one attached hydrogen (secondary N) is 3. The molecule has 3 rings (SSSR count). The number of carbonyl (C=O) groups excluding carboxylic acids is 1. The lowest BCUT2D eigenvalue weighted by Crippen LogP contribution is -2.47. The zero-order valence-electron chi connectivity index (χ0n) is 16.3. The van der Waals surface area contributed by atoms with Crippen LogP contribution in [0.5, 0.6) is 0 Å². The Morgan fingerprint density at radius 2 is 2.04 bits per heavy atom. The van der Waals surface area contributed by atoms with Gasteiger partial charge >= 0.3 is 0 Å². The number of thiophene rings is 1. The summed E-state index contributed by atoms with van der Waals surface area (Å²) in [5, 5.41) is 11.7. The van der Waals surface area contributed by atoms with Crippen molar-refractivity contribution in [2.45, 2.75) is 26.9 Å². The number of benzene rings is 1. The second-order valence-corrected chi connectivity index (χ2v) is 7.51. The third kappa shape index (κ3) is 6.37. The fourth-order valence-corrected chi connectivity index (χ4v) is 3.78. The van der Waals surface area contributed by atoms with Gasteiger partial charge in [-0.05, 0) is 48.6 Å². The van der Waals surface area contributed by atoms with Gasteiger partial charge < -0.3 is 20.9 Å². The lowest BCUT2D eigenvalue weighted by Gasteiger charge is -2.28. The standard InChI is InChI=1S/C20H27N5OS.HI/c1-3-21-20(24-13-18-15(2)8-11-27-18)23-12-16-4-6-17(7-5-16)25-10-9-22-19(26)14-25;/h4-8,11H,3,9-10,12-14H2,1-2H3,(H,22,26)(H2,21,23,24);1H. The molecule has 3 N–H and O–H groups in total. The summed E-state index contributed by atoms with van der Waals surface area (Å²) in [5.74, 6) is 0.902. The molecule has 1 fully saturated rings. The van der Waals surface area contributed by atoms with Gasteiger partial charge in [0.15, 0.2) is 5.96 Å². The Labute approximate surface area is 187 Å². The number of carbonyl (C=O) groups is 1. The summed E-state index contributed by atoms with van der Waals surface area (Å²) in [6.45, 7) is 8.39. The number of hydrogen-bond donors (Lipinski definition) is 3. The highest BCUT2D eigenvalue weighted by Gasteiger charge is 2.16. The number of nitrogens with zero attached hydrogens (tertiary/aromatic N) is 2. The van der Waals surface area contributed by atoms with Crippen molar-refractivity contribution in [1.82, 2.24) is 16.0 Å². The Morgan fingerprint density at radius 1 is 1.25 bits per heavy atom. The molecule has 0 unspecified atom stereocenters. The molecule has 1 aliphatic rings. The van der Waals surface area contributed by atoms with E-state index in [-0.39, 0.29) is 29.9 Å². The summed E-state index contributed by atoms with van der Waals surface area (Å²) in [6, 6.07) is 10.4. The van der Waals surface area contributed by atoms with Crippen LogP contribution in [0.3, 0.4) is 0 Å². The number of hydrogen-bond acceptors (Lipinski definition) is 4. The van der Waals surface area contributed by atoms with Gasteiger partial charge in [-0.2, -0.15) is 0 Å². The highest BCUT2D eigenvalue weighted by Crippen LogP contribution is 2.17. The monoisotopic (exact) mass is 513 g/mol. The van der Waals surface area contributed by atoms with E-state index in [1.54, 1.807) is 11.3 Å². The second-order valence-electron chi connectivity index (χ2n) is 6.51. The fraction of sp³-hybridized carbons (Fsp3) is 0.400. The number of aliphatic imine (C=N–C) groups is 1. The first kappa shape index (κ1) is 22.5. The minimum absolute atomic E-state index is 0. The van der Waals surface area contributed by atoms with Gasteiger partial charge in [0.25, 0.3) is 0 Å². The largest absolute Gasteiger partial charge is 0.360 e. The average molecular weight is 513 g/mol. The Kier molecular flexibility index (Phi) is 9.04. The van der Waals surface area contributed by atoms with Gasteiger partial charge in [-0.15, -0.1) is 35.3 Å². The van der Waals surface area contributed by atoms with Crippen LogP contribution >= 0.6 is 35.3 Å². The Bertz CT molecular complexity index is 790. The van der Waals surface area contributed by atoms with Crippen molar-refractivity contribution in [3.8, 4) is 0 Å². The summed E-state index contributed by atoms with van der Waals surface area (Å²) in [7, 11) is 0. The first-order valence-electron chi connectivity index (χ1n) is 9.31. The molecular weight excluding hydrogens is 485 g/mol. The average Bonchev–Trinajstić information content (AvgIpc) is 3.09. The Morgan fingerprint density at radius 3 is 2.68 bits per heavy atom. The van der Waals surface area contributed by atoms with Crippen molar-refractivity contribution in [2.75, 3.05) is 31.1 Å². The van der Waals surface area contributed by atoms with E-state index in [1.165, 1.54) is 10.4 Å². The van der Waals surface area contributed by atoms with E-state index in [4.69, 9.17) is 0 Å². The zero-order chi connectivity index (χ0) is 19.1. The second kappa shape index (κ2) is 11.3. The fourth-order valence-electron chi connectivity index (χ4n) is 2.93. The smallest absolute Gasteiger partial charge is 0.239 e. The van der Waals surface area contributed by atoms with E-state index in [9.17, 15) is 4.79 Å². The maximum Gasteiger partial charge on any atom is 0.239 e. The van der Waals surface area contributed by atoms with Crippen LogP contribution in [0.4, 0.5) is 5.69 Å². The van der Waals surface area contributed by atoms with Crippen LogP contribution in [0, 0.1) is 6.92 Å². The highest BCUT2D eigenvalue weighted by molar-refractivity contribution is 14.0. The van der Waals surface area contributed by atoms with Gasteiger partial charge in [0.05, 0.1) is 19.6 Å². The van der Waals surface area contributed by atoms with Crippen LogP contribution in [0.25, 0.3) is 0 Å². The van der Waals surface area contributed by atoms with E-state index >= 15 is 0 Å². The topological polar surface area (TPSA) is 68.8 Å². The number of amides is 1. The Hall–Kier alpha value is -1.81. The van der Waals surface area contributed by atoms with Gasteiger partial charge in [0.1, 0.15) is 0 Å². The molecule has 0 spiro atoms. The van der Waals surface area contributed by atoms with Gasteiger partial charge in [-0.25, -0.2) is 4.99 Å². The predicted molar refractivity (Wildman–Crippen MR) is 128 cm³/mol. The number of anilines is 1. The number of rotatable bonds is 6. The molecule has 152 valence electrons. The van der Waals surface area contributed by atoms with Crippen molar-refractivity contribution in [1.29, 1.82) is 0 Å². The molecule has 0 saturated carbocycles. The molecule has 2 aromatic rings. The highest BCUT2D eigenvalue weighted by atomic mass is 127. The van der Waals surface area contributed by atoms with Crippen LogP contribution < -0.4 is 20.9 Å². The summed E-state index contributed by atoms with van der Waals surface area (Å²) in [6.07, 6.45) is 0. The molecule has 2 heterocycles. The van der Waals surface area contributed by atoms with Crippen molar-refractivity contribution in [3.63, 3.8) is 0 Å². The van der Waals surface area contributed by atoms with E-state index in [0.717, 1.165) is 36.8 Å². The van der Waals surface area contributed by atoms with Gasteiger partial charge in [-0.1, -0.05) is 12.1 Å². The van der Waals surface area contributed by atoms with Gasteiger partial charge in [-0.3, -0.25) is 4.79 Å². The van der Waals surface area contributed by atoms with E-state index in [0.29, 0.717) is 19.6 Å². The maximum absolute atomic E-state index is 11.5. The number of aryl methyl sites for hydroxylation is 1. The van der Waals surface area contributed by atoms with Crippen LogP contribution in [0.15, 0.2) is 40.7 Å². The van der Waals surface area contributed by atoms with Crippen molar-refractivity contribution in [2.24, 2.45) is 4.99 Å². The number of guanidine groups is 1. The summed E-state index contributed by atoms with van der Waals surface area (Å²) < 4.78 is 0. The van der Waals surface area contributed by atoms with E-state index in [2.05, 4.69) is 75.4 Å². The van der Waals surface area contributed by atoms with Crippen molar-refractivity contribution < 1.29 is 4.79 Å². The molecule has 0 radical (unpaired) electrons. The molecule has 6 nitrogen and oxygen atoms in total. The van der Waals surface area contributed by atoms with Gasteiger partial charge in [0, 0.05) is 30.2 Å². The molecule has 1 saturated heterocycles. The molecule has 0 aliphatic carbocycles. The maximum atomic E-state index is 11.5. The third-order valence-corrected chi connectivity index (χ3v) is 5.51. The molecular formula is C20H28IN5OS. The molecule has 1 aliphatic heterocycles. The van der Waals surface area contributed by atoms with Crippen LogP contribution in [-0.2, 0) is 17.9 Å². The first-order valence-corrected chi connectivity index (χ1v) is 10.2. The predicted octanol–water partition coefficient (Wildman–Crippen LogP) is 2.87. The SMILES string of the molecule is CCNC(=NCc1ccc(N2CCNC(=O)C2)cc1)NCc1sccc1C.I.